The van der Waals surface area contributed by atoms with Gasteiger partial charge in [-0.1, -0.05) is 17.7 Å². The van der Waals surface area contributed by atoms with Crippen LogP contribution in [0, 0.1) is 6.92 Å². The highest BCUT2D eigenvalue weighted by molar-refractivity contribution is 6.30. The van der Waals surface area contributed by atoms with E-state index in [0.717, 1.165) is 16.9 Å². The summed E-state index contributed by atoms with van der Waals surface area (Å²) < 4.78 is 10.4. The topological polar surface area (TPSA) is 72.5 Å². The Morgan fingerprint density at radius 1 is 1.00 bits per heavy atom. The molecule has 0 fully saturated rings. The van der Waals surface area contributed by atoms with Gasteiger partial charge in [-0.05, 0) is 55.0 Å². The maximum atomic E-state index is 12.5. The highest BCUT2D eigenvalue weighted by Gasteiger charge is 2.11. The minimum atomic E-state index is -0.292. The zero-order chi connectivity index (χ0) is 20.1. The molecule has 1 amide bonds. The van der Waals surface area contributed by atoms with E-state index >= 15 is 0 Å². The van der Waals surface area contributed by atoms with Crippen LogP contribution in [0.1, 0.15) is 15.9 Å². The molecule has 0 radical (unpaired) electrons. The van der Waals surface area contributed by atoms with Crippen molar-refractivity contribution in [2.24, 2.45) is 0 Å². The lowest BCUT2D eigenvalue weighted by Crippen LogP contribution is -2.13. The molecule has 0 aliphatic rings. The number of anilines is 3. The van der Waals surface area contributed by atoms with E-state index in [9.17, 15) is 4.79 Å². The highest BCUT2D eigenvalue weighted by Crippen LogP contribution is 2.28. The molecule has 3 rings (SSSR count). The van der Waals surface area contributed by atoms with Gasteiger partial charge in [0, 0.05) is 16.3 Å². The molecule has 0 atom stereocenters. The molecule has 0 bridgehead atoms. The molecule has 3 aromatic rings. The van der Waals surface area contributed by atoms with Crippen molar-refractivity contribution in [1.29, 1.82) is 0 Å². The number of hydrogen-bond donors (Lipinski definition) is 2. The summed E-state index contributed by atoms with van der Waals surface area (Å²) >= 11 is 6.04. The second-order valence-electron chi connectivity index (χ2n) is 6.04. The number of benzene rings is 2. The summed E-state index contributed by atoms with van der Waals surface area (Å²) in [4.78, 5) is 16.7. The standard InChI is InChI=1S/C21H20ClN3O3/c1-13-4-6-15(22)11-17(13)24-16-7-9-20(23-12-16)25-21(26)14-5-8-18(27-2)19(10-14)28-3/h4-12,24H,1-3H3,(H,23,25,26). The molecule has 0 saturated heterocycles. The predicted octanol–water partition coefficient (Wildman–Crippen LogP) is 5.06. The molecule has 7 heteroatoms. The van der Waals surface area contributed by atoms with Gasteiger partial charge in [0.25, 0.3) is 5.91 Å². The number of ether oxygens (including phenoxy) is 2. The van der Waals surface area contributed by atoms with Crippen molar-refractivity contribution in [2.75, 3.05) is 24.9 Å². The van der Waals surface area contributed by atoms with Crippen molar-refractivity contribution in [3.8, 4) is 11.5 Å². The van der Waals surface area contributed by atoms with Crippen LogP contribution < -0.4 is 20.1 Å². The normalized spacial score (nSPS) is 10.3. The summed E-state index contributed by atoms with van der Waals surface area (Å²) in [6.45, 7) is 1.99. The number of aryl methyl sites for hydroxylation is 1. The van der Waals surface area contributed by atoms with Crippen LogP contribution in [-0.2, 0) is 0 Å². The average Bonchev–Trinajstić information content (AvgIpc) is 2.71. The van der Waals surface area contributed by atoms with Gasteiger partial charge in [-0.15, -0.1) is 0 Å². The fourth-order valence-electron chi connectivity index (χ4n) is 2.59. The average molecular weight is 398 g/mol. The van der Waals surface area contributed by atoms with E-state index in [4.69, 9.17) is 21.1 Å². The molecule has 2 aromatic carbocycles. The van der Waals surface area contributed by atoms with Gasteiger partial charge in [-0.25, -0.2) is 4.98 Å². The number of nitrogens with zero attached hydrogens (tertiary/aromatic N) is 1. The van der Waals surface area contributed by atoms with Gasteiger partial charge in [0.1, 0.15) is 5.82 Å². The predicted molar refractivity (Wildman–Crippen MR) is 111 cm³/mol. The molecule has 0 aliphatic heterocycles. The SMILES string of the molecule is COc1ccc(C(=O)Nc2ccc(Nc3cc(Cl)ccc3C)cn2)cc1OC. The summed E-state index contributed by atoms with van der Waals surface area (Å²) in [5, 5.41) is 6.68. The smallest absolute Gasteiger partial charge is 0.256 e. The third-order valence-corrected chi connectivity index (χ3v) is 4.36. The van der Waals surface area contributed by atoms with E-state index in [1.165, 1.54) is 7.11 Å². The Kier molecular flexibility index (Phi) is 6.01. The van der Waals surface area contributed by atoms with Crippen LogP contribution in [-0.4, -0.2) is 25.1 Å². The Bertz CT molecular complexity index is 991. The van der Waals surface area contributed by atoms with Crippen LogP contribution in [0.15, 0.2) is 54.7 Å². The van der Waals surface area contributed by atoms with Gasteiger partial charge >= 0.3 is 0 Å². The summed E-state index contributed by atoms with van der Waals surface area (Å²) in [6, 6.07) is 14.1. The largest absolute Gasteiger partial charge is 0.493 e. The zero-order valence-corrected chi connectivity index (χ0v) is 16.5. The Morgan fingerprint density at radius 2 is 1.79 bits per heavy atom. The first-order valence-corrected chi connectivity index (χ1v) is 8.90. The number of carbonyl (C=O) groups is 1. The number of amides is 1. The minimum Gasteiger partial charge on any atom is -0.493 e. The number of aromatic nitrogens is 1. The van der Waals surface area contributed by atoms with Crippen LogP contribution >= 0.6 is 11.6 Å². The van der Waals surface area contributed by atoms with Crippen molar-refractivity contribution in [3.63, 3.8) is 0 Å². The van der Waals surface area contributed by atoms with Crippen LogP contribution in [0.25, 0.3) is 0 Å². The van der Waals surface area contributed by atoms with Gasteiger partial charge in [-0.3, -0.25) is 4.79 Å². The molecule has 6 nitrogen and oxygen atoms in total. The van der Waals surface area contributed by atoms with Crippen molar-refractivity contribution in [3.05, 3.63) is 70.9 Å². The Hall–Kier alpha value is -3.25. The maximum Gasteiger partial charge on any atom is 0.256 e. The molecule has 144 valence electrons. The number of methoxy groups -OCH3 is 2. The van der Waals surface area contributed by atoms with E-state index in [1.807, 2.05) is 31.2 Å². The van der Waals surface area contributed by atoms with Gasteiger partial charge in [0.2, 0.25) is 0 Å². The fourth-order valence-corrected chi connectivity index (χ4v) is 2.76. The lowest BCUT2D eigenvalue weighted by atomic mass is 10.2. The zero-order valence-electron chi connectivity index (χ0n) is 15.7. The van der Waals surface area contributed by atoms with Crippen LogP contribution in [0.2, 0.25) is 5.02 Å². The Balaban J connectivity index is 1.70. The number of pyridine rings is 1. The number of rotatable bonds is 6. The number of hydrogen-bond acceptors (Lipinski definition) is 5. The second kappa shape index (κ2) is 8.63. The summed E-state index contributed by atoms with van der Waals surface area (Å²) in [7, 11) is 3.07. The number of nitrogens with one attached hydrogen (secondary N) is 2. The van der Waals surface area contributed by atoms with Gasteiger partial charge in [0.15, 0.2) is 11.5 Å². The molecule has 1 aromatic heterocycles. The van der Waals surface area contributed by atoms with Crippen molar-refractivity contribution < 1.29 is 14.3 Å². The van der Waals surface area contributed by atoms with Gasteiger partial charge in [0.05, 0.1) is 26.1 Å². The fraction of sp³-hybridized carbons (Fsp3) is 0.143. The van der Waals surface area contributed by atoms with Crippen LogP contribution in [0.4, 0.5) is 17.2 Å². The van der Waals surface area contributed by atoms with Crippen LogP contribution in [0.5, 0.6) is 11.5 Å². The first-order valence-electron chi connectivity index (χ1n) is 8.53. The molecule has 0 aliphatic carbocycles. The summed E-state index contributed by atoms with van der Waals surface area (Å²) in [5.74, 6) is 1.19. The third-order valence-electron chi connectivity index (χ3n) is 4.13. The molecule has 28 heavy (non-hydrogen) atoms. The van der Waals surface area contributed by atoms with E-state index in [2.05, 4.69) is 15.6 Å². The van der Waals surface area contributed by atoms with Crippen molar-refractivity contribution in [1.82, 2.24) is 4.98 Å². The van der Waals surface area contributed by atoms with E-state index in [1.54, 1.807) is 37.6 Å². The molecular formula is C21H20ClN3O3. The quantitative estimate of drug-likeness (QED) is 0.608. The van der Waals surface area contributed by atoms with Gasteiger partial charge in [-0.2, -0.15) is 0 Å². The van der Waals surface area contributed by atoms with E-state index in [-0.39, 0.29) is 5.91 Å². The summed E-state index contributed by atoms with van der Waals surface area (Å²) in [5.41, 5.74) is 3.19. The van der Waals surface area contributed by atoms with Gasteiger partial charge < -0.3 is 20.1 Å². The van der Waals surface area contributed by atoms with Crippen LogP contribution in [0.3, 0.4) is 0 Å². The number of halogens is 1. The second-order valence-corrected chi connectivity index (χ2v) is 6.48. The first kappa shape index (κ1) is 19.5. The molecule has 1 heterocycles. The lowest BCUT2D eigenvalue weighted by Gasteiger charge is -2.11. The molecule has 0 unspecified atom stereocenters. The maximum absolute atomic E-state index is 12.5. The minimum absolute atomic E-state index is 0.292. The first-order chi connectivity index (χ1) is 13.5. The Labute approximate surface area is 168 Å². The number of carbonyl (C=O) groups excluding carboxylic acids is 1. The molecule has 0 saturated carbocycles. The van der Waals surface area contributed by atoms with Crippen molar-refractivity contribution >= 4 is 34.7 Å². The monoisotopic (exact) mass is 397 g/mol. The third kappa shape index (κ3) is 4.53. The lowest BCUT2D eigenvalue weighted by molar-refractivity contribution is 0.102. The molecular weight excluding hydrogens is 378 g/mol. The molecule has 2 N–H and O–H groups in total. The highest BCUT2D eigenvalue weighted by atomic mass is 35.5. The van der Waals surface area contributed by atoms with E-state index in [0.29, 0.717) is 27.9 Å². The Morgan fingerprint density at radius 3 is 2.46 bits per heavy atom. The van der Waals surface area contributed by atoms with E-state index < -0.39 is 0 Å². The van der Waals surface area contributed by atoms with Crippen molar-refractivity contribution in [2.45, 2.75) is 6.92 Å². The summed E-state index contributed by atoms with van der Waals surface area (Å²) in [6.07, 6.45) is 1.64. The molecule has 0 spiro atoms.